The molecule has 0 radical (unpaired) electrons. The number of thioether (sulfide) groups is 1. The van der Waals surface area contributed by atoms with Crippen molar-refractivity contribution in [1.82, 2.24) is 14.8 Å². The van der Waals surface area contributed by atoms with Gasteiger partial charge < -0.3 is 19.4 Å². The Morgan fingerprint density at radius 1 is 1.31 bits per heavy atom. The summed E-state index contributed by atoms with van der Waals surface area (Å²) in [5, 5.41) is 11.8. The lowest BCUT2D eigenvalue weighted by atomic mass is 10.2. The quantitative estimate of drug-likeness (QED) is 0.451. The van der Waals surface area contributed by atoms with Gasteiger partial charge in [-0.05, 0) is 32.0 Å². The molecule has 3 aromatic rings. The molecule has 0 spiro atoms. The molecule has 1 N–H and O–H groups in total. The lowest BCUT2D eigenvalue weighted by Gasteiger charge is -2.27. The first kappa shape index (κ1) is 19.8. The number of aromatic nitrogens is 3. The van der Waals surface area contributed by atoms with Crippen molar-refractivity contribution >= 4 is 34.0 Å². The molecule has 0 saturated carbocycles. The van der Waals surface area contributed by atoms with Crippen LogP contribution in [0.5, 0.6) is 11.5 Å². The van der Waals surface area contributed by atoms with Gasteiger partial charge in [-0.2, -0.15) is 0 Å². The number of ketones is 1. The molecule has 2 aromatic heterocycles. The minimum atomic E-state index is -0.103. The number of hydrogen-bond acceptors (Lipinski definition) is 8. The van der Waals surface area contributed by atoms with Crippen molar-refractivity contribution in [1.29, 1.82) is 0 Å². The Bertz CT molecular complexity index is 1030. The van der Waals surface area contributed by atoms with Gasteiger partial charge in [0.1, 0.15) is 6.61 Å². The number of aryl methyl sites for hydroxylation is 1. The van der Waals surface area contributed by atoms with Crippen LogP contribution in [0.3, 0.4) is 0 Å². The lowest BCUT2D eigenvalue weighted by molar-refractivity contribution is 0.0777. The Balaban J connectivity index is 1.43. The number of para-hydroxylation sites is 2. The van der Waals surface area contributed by atoms with Gasteiger partial charge in [0.05, 0.1) is 12.3 Å². The van der Waals surface area contributed by atoms with Crippen LogP contribution in [0.2, 0.25) is 0 Å². The minimum Gasteiger partial charge on any atom is -0.486 e. The van der Waals surface area contributed by atoms with Crippen molar-refractivity contribution < 1.29 is 14.3 Å². The van der Waals surface area contributed by atoms with Crippen molar-refractivity contribution in [2.45, 2.75) is 30.8 Å². The fourth-order valence-corrected chi connectivity index (χ4v) is 4.88. The van der Waals surface area contributed by atoms with E-state index in [1.807, 2.05) is 44.2 Å². The highest BCUT2D eigenvalue weighted by atomic mass is 32.2. The number of ether oxygens (including phenoxy) is 2. The molecule has 152 valence electrons. The van der Waals surface area contributed by atoms with E-state index in [0.717, 1.165) is 37.9 Å². The number of carbonyl (C=O) groups excluding carboxylic acids is 1. The molecule has 0 fully saturated rings. The van der Waals surface area contributed by atoms with Crippen LogP contribution in [0.15, 0.2) is 34.7 Å². The summed E-state index contributed by atoms with van der Waals surface area (Å²) in [6.45, 7) is 5.11. The molecular weight excluding hydrogens is 408 g/mol. The van der Waals surface area contributed by atoms with Crippen molar-refractivity contribution in [2.75, 3.05) is 24.7 Å². The highest BCUT2D eigenvalue weighted by Gasteiger charge is 2.24. The van der Waals surface area contributed by atoms with E-state index in [0.29, 0.717) is 18.9 Å². The molecule has 1 aromatic carbocycles. The SMILES string of the molecule is CNc1nnc(SCC(=O)c2cc(C)n(CC3COc4ccccc4O3)c2C)s1. The van der Waals surface area contributed by atoms with Gasteiger partial charge >= 0.3 is 0 Å². The number of benzene rings is 1. The molecule has 29 heavy (non-hydrogen) atoms. The van der Waals surface area contributed by atoms with Gasteiger partial charge in [0.15, 0.2) is 27.7 Å². The molecule has 1 atom stereocenters. The van der Waals surface area contributed by atoms with Crippen LogP contribution in [-0.4, -0.2) is 46.1 Å². The molecule has 1 aliphatic rings. The van der Waals surface area contributed by atoms with Crippen LogP contribution in [0.1, 0.15) is 21.7 Å². The smallest absolute Gasteiger partial charge is 0.206 e. The van der Waals surface area contributed by atoms with Crippen molar-refractivity contribution in [3.8, 4) is 11.5 Å². The minimum absolute atomic E-state index is 0.0849. The molecule has 1 aliphatic heterocycles. The zero-order valence-electron chi connectivity index (χ0n) is 16.5. The second-order valence-corrected chi connectivity index (χ2v) is 8.93. The molecule has 3 heterocycles. The fourth-order valence-electron chi connectivity index (χ4n) is 3.30. The first-order chi connectivity index (χ1) is 14.0. The zero-order valence-corrected chi connectivity index (χ0v) is 18.1. The Morgan fingerprint density at radius 3 is 2.86 bits per heavy atom. The van der Waals surface area contributed by atoms with Gasteiger partial charge in [0.2, 0.25) is 5.13 Å². The predicted molar refractivity (Wildman–Crippen MR) is 115 cm³/mol. The summed E-state index contributed by atoms with van der Waals surface area (Å²) in [6, 6.07) is 9.64. The van der Waals surface area contributed by atoms with E-state index in [1.165, 1.54) is 23.1 Å². The van der Waals surface area contributed by atoms with Crippen molar-refractivity contribution in [3.05, 3.63) is 47.3 Å². The molecule has 0 aliphatic carbocycles. The average Bonchev–Trinajstić information content (AvgIpc) is 3.31. The lowest BCUT2D eigenvalue weighted by Crippen LogP contribution is -2.33. The van der Waals surface area contributed by atoms with Crippen LogP contribution in [0.25, 0.3) is 0 Å². The van der Waals surface area contributed by atoms with E-state index < -0.39 is 0 Å². The summed E-state index contributed by atoms with van der Waals surface area (Å²) >= 11 is 2.85. The second kappa shape index (κ2) is 8.46. The van der Waals surface area contributed by atoms with Crippen LogP contribution >= 0.6 is 23.1 Å². The van der Waals surface area contributed by atoms with Gasteiger partial charge in [0.25, 0.3) is 0 Å². The number of nitrogens with zero attached hydrogens (tertiary/aromatic N) is 3. The number of carbonyl (C=O) groups is 1. The van der Waals surface area contributed by atoms with Gasteiger partial charge in [-0.25, -0.2) is 0 Å². The Morgan fingerprint density at radius 2 is 2.10 bits per heavy atom. The van der Waals surface area contributed by atoms with E-state index >= 15 is 0 Å². The summed E-state index contributed by atoms with van der Waals surface area (Å²) in [5.41, 5.74) is 2.72. The maximum absolute atomic E-state index is 12.8. The Hall–Kier alpha value is -2.52. The van der Waals surface area contributed by atoms with E-state index in [2.05, 4.69) is 20.1 Å². The van der Waals surface area contributed by atoms with Crippen molar-refractivity contribution in [2.24, 2.45) is 0 Å². The predicted octanol–water partition coefficient (Wildman–Crippen LogP) is 3.81. The first-order valence-corrected chi connectivity index (χ1v) is 11.1. The standard InChI is InChI=1S/C20H22N4O3S2/c1-12-8-15(16(25)11-28-20-23-22-19(21-3)29-20)13(2)24(12)9-14-10-26-17-6-4-5-7-18(17)27-14/h4-8,14H,9-11H2,1-3H3,(H,21,22). The number of hydrogen-bond donors (Lipinski definition) is 1. The normalized spacial score (nSPS) is 15.3. The number of nitrogens with one attached hydrogen (secondary N) is 1. The van der Waals surface area contributed by atoms with Gasteiger partial charge in [-0.15, -0.1) is 10.2 Å². The second-order valence-electron chi connectivity index (χ2n) is 6.73. The molecular formula is C20H22N4O3S2. The summed E-state index contributed by atoms with van der Waals surface area (Å²) in [6.07, 6.45) is -0.103. The molecule has 9 heteroatoms. The van der Waals surface area contributed by atoms with Gasteiger partial charge in [0, 0.05) is 24.0 Å². The topological polar surface area (TPSA) is 78.3 Å². The van der Waals surface area contributed by atoms with Crippen molar-refractivity contribution in [3.63, 3.8) is 0 Å². The van der Waals surface area contributed by atoms with E-state index in [-0.39, 0.29) is 11.9 Å². The summed E-state index contributed by atoms with van der Waals surface area (Å²) < 4.78 is 14.8. The van der Waals surface area contributed by atoms with Crippen LogP contribution in [0, 0.1) is 13.8 Å². The highest BCUT2D eigenvalue weighted by Crippen LogP contribution is 2.32. The Labute approximate surface area is 177 Å². The summed E-state index contributed by atoms with van der Waals surface area (Å²) in [7, 11) is 1.80. The summed E-state index contributed by atoms with van der Waals surface area (Å²) in [4.78, 5) is 12.8. The van der Waals surface area contributed by atoms with Gasteiger partial charge in [-0.3, -0.25) is 4.79 Å². The van der Waals surface area contributed by atoms with Crippen LogP contribution in [0.4, 0.5) is 5.13 Å². The van der Waals surface area contributed by atoms with Crippen LogP contribution < -0.4 is 14.8 Å². The molecule has 7 nitrogen and oxygen atoms in total. The molecule has 4 rings (SSSR count). The van der Waals surface area contributed by atoms with E-state index in [9.17, 15) is 4.79 Å². The number of fused-ring (bicyclic) bond motifs is 1. The third-order valence-electron chi connectivity index (χ3n) is 4.77. The van der Waals surface area contributed by atoms with Crippen LogP contribution in [-0.2, 0) is 6.54 Å². The Kier molecular flexibility index (Phi) is 5.77. The fraction of sp³-hybridized carbons (Fsp3) is 0.350. The van der Waals surface area contributed by atoms with E-state index in [4.69, 9.17) is 9.47 Å². The molecule has 0 bridgehead atoms. The first-order valence-electron chi connectivity index (χ1n) is 9.27. The third-order valence-corrected chi connectivity index (χ3v) is 6.85. The monoisotopic (exact) mass is 430 g/mol. The molecule has 1 unspecified atom stereocenters. The number of rotatable bonds is 7. The maximum Gasteiger partial charge on any atom is 0.206 e. The zero-order chi connectivity index (χ0) is 20.4. The molecule has 0 amide bonds. The maximum atomic E-state index is 12.8. The van der Waals surface area contributed by atoms with Gasteiger partial charge in [-0.1, -0.05) is 35.2 Å². The largest absolute Gasteiger partial charge is 0.486 e. The van der Waals surface area contributed by atoms with E-state index in [1.54, 1.807) is 7.05 Å². The number of Topliss-reactive ketones (excluding diaryl/α,β-unsaturated/α-hetero) is 1. The highest BCUT2D eigenvalue weighted by molar-refractivity contribution is 8.01. The summed E-state index contributed by atoms with van der Waals surface area (Å²) in [5.74, 6) is 1.95. The third kappa shape index (κ3) is 4.25. The molecule has 0 saturated heterocycles. The average molecular weight is 431 g/mol. The number of anilines is 1.